The number of rotatable bonds is 5. The first-order valence-corrected chi connectivity index (χ1v) is 6.30. The second kappa shape index (κ2) is 6.56. The van der Waals surface area contributed by atoms with Crippen molar-refractivity contribution in [3.05, 3.63) is 47.9 Å². The number of urea groups is 1. The summed E-state index contributed by atoms with van der Waals surface area (Å²) in [6.45, 7) is 1.49. The van der Waals surface area contributed by atoms with E-state index in [9.17, 15) is 9.59 Å². The van der Waals surface area contributed by atoms with Crippen LogP contribution in [0.5, 0.6) is 0 Å². The summed E-state index contributed by atoms with van der Waals surface area (Å²) in [7, 11) is 0. The van der Waals surface area contributed by atoms with Crippen LogP contribution < -0.4 is 10.2 Å². The molecule has 1 heterocycles. The molecule has 0 bridgehead atoms. The van der Waals surface area contributed by atoms with Crippen molar-refractivity contribution >= 4 is 17.7 Å². The molecule has 0 fully saturated rings. The van der Waals surface area contributed by atoms with Gasteiger partial charge in [0.1, 0.15) is 18.0 Å². The second-order valence-electron chi connectivity index (χ2n) is 4.40. The summed E-state index contributed by atoms with van der Waals surface area (Å²) in [6, 6.07) is 9.79. The molecule has 0 unspecified atom stereocenters. The molecule has 21 heavy (non-hydrogen) atoms. The third-order valence-electron chi connectivity index (χ3n) is 2.70. The van der Waals surface area contributed by atoms with Crippen LogP contribution in [0.25, 0.3) is 0 Å². The molecule has 1 aromatic heterocycles. The van der Waals surface area contributed by atoms with E-state index in [0.717, 1.165) is 4.90 Å². The molecule has 2 aromatic rings. The molecule has 0 aliphatic carbocycles. The van der Waals surface area contributed by atoms with Crippen molar-refractivity contribution in [3.8, 4) is 0 Å². The highest BCUT2D eigenvalue weighted by Crippen LogP contribution is 2.13. The van der Waals surface area contributed by atoms with Crippen molar-refractivity contribution < 1.29 is 19.2 Å². The number of carboxylic acids is 1. The van der Waals surface area contributed by atoms with Gasteiger partial charge in [-0.25, -0.2) is 4.79 Å². The molecular formula is C14H15N3O4. The van der Waals surface area contributed by atoms with Crippen molar-refractivity contribution in [1.82, 2.24) is 10.5 Å². The number of nitrogens with one attached hydrogen (secondary N) is 1. The smallest absolute Gasteiger partial charge is 0.323 e. The summed E-state index contributed by atoms with van der Waals surface area (Å²) < 4.78 is 4.90. The van der Waals surface area contributed by atoms with E-state index < -0.39 is 18.5 Å². The molecule has 7 heteroatoms. The standard InChI is InChI=1S/C14H15N3O4/c1-10-7-11(16-21-10)8-15-14(20)17(9-13(18)19)12-5-3-2-4-6-12/h2-7H,8-9H2,1H3,(H,15,20)(H,18,19). The van der Waals surface area contributed by atoms with Gasteiger partial charge in [0.2, 0.25) is 0 Å². The van der Waals surface area contributed by atoms with Gasteiger partial charge in [-0.3, -0.25) is 9.69 Å². The van der Waals surface area contributed by atoms with Crippen molar-refractivity contribution in [2.45, 2.75) is 13.5 Å². The molecule has 0 aliphatic rings. The SMILES string of the molecule is Cc1cc(CNC(=O)N(CC(=O)O)c2ccccc2)no1. The Labute approximate surface area is 121 Å². The lowest BCUT2D eigenvalue weighted by molar-refractivity contribution is -0.135. The minimum absolute atomic E-state index is 0.166. The largest absolute Gasteiger partial charge is 0.480 e. The molecule has 1 aromatic carbocycles. The van der Waals surface area contributed by atoms with E-state index in [1.54, 1.807) is 43.3 Å². The Balaban J connectivity index is 2.05. The van der Waals surface area contributed by atoms with Crippen LogP contribution in [0.2, 0.25) is 0 Å². The molecule has 110 valence electrons. The first-order chi connectivity index (χ1) is 10.1. The van der Waals surface area contributed by atoms with Crippen LogP contribution in [0.1, 0.15) is 11.5 Å². The van der Waals surface area contributed by atoms with Crippen LogP contribution in [0.15, 0.2) is 40.9 Å². The van der Waals surface area contributed by atoms with Gasteiger partial charge in [-0.05, 0) is 19.1 Å². The summed E-state index contributed by atoms with van der Waals surface area (Å²) in [5, 5.41) is 15.3. The van der Waals surface area contributed by atoms with Gasteiger partial charge in [0.15, 0.2) is 0 Å². The van der Waals surface area contributed by atoms with Crippen LogP contribution in [-0.2, 0) is 11.3 Å². The van der Waals surface area contributed by atoms with E-state index in [1.807, 2.05) is 0 Å². The van der Waals surface area contributed by atoms with Gasteiger partial charge in [-0.15, -0.1) is 0 Å². The molecule has 0 spiro atoms. The number of aliphatic carboxylic acids is 1. The Hall–Kier alpha value is -2.83. The zero-order valence-corrected chi connectivity index (χ0v) is 11.4. The fourth-order valence-electron chi connectivity index (χ4n) is 1.79. The lowest BCUT2D eigenvalue weighted by Crippen LogP contribution is -2.42. The topological polar surface area (TPSA) is 95.7 Å². The number of carboxylic acid groups (broad SMARTS) is 1. The molecular weight excluding hydrogens is 274 g/mol. The molecule has 2 rings (SSSR count). The second-order valence-corrected chi connectivity index (χ2v) is 4.40. The third-order valence-corrected chi connectivity index (χ3v) is 2.70. The average molecular weight is 289 g/mol. The van der Waals surface area contributed by atoms with Gasteiger partial charge in [0.25, 0.3) is 0 Å². The summed E-state index contributed by atoms with van der Waals surface area (Å²) in [5.74, 6) is -0.448. The Morgan fingerprint density at radius 3 is 2.62 bits per heavy atom. The Morgan fingerprint density at radius 2 is 2.05 bits per heavy atom. The van der Waals surface area contributed by atoms with Crippen LogP contribution >= 0.6 is 0 Å². The van der Waals surface area contributed by atoms with Gasteiger partial charge in [-0.2, -0.15) is 0 Å². The number of hydrogen-bond acceptors (Lipinski definition) is 4. The summed E-state index contributed by atoms with van der Waals surface area (Å²) in [6.07, 6.45) is 0. The maximum absolute atomic E-state index is 12.2. The van der Waals surface area contributed by atoms with Crippen LogP contribution in [0.3, 0.4) is 0 Å². The maximum atomic E-state index is 12.2. The first-order valence-electron chi connectivity index (χ1n) is 6.30. The van der Waals surface area contributed by atoms with Gasteiger partial charge in [-0.1, -0.05) is 23.4 Å². The highest BCUT2D eigenvalue weighted by atomic mass is 16.5. The van der Waals surface area contributed by atoms with Gasteiger partial charge in [0, 0.05) is 11.8 Å². The van der Waals surface area contributed by atoms with Crippen molar-refractivity contribution in [2.75, 3.05) is 11.4 Å². The molecule has 2 amide bonds. The van der Waals surface area contributed by atoms with Crippen LogP contribution in [0, 0.1) is 6.92 Å². The summed E-state index contributed by atoms with van der Waals surface area (Å²) >= 11 is 0. The molecule has 0 aliphatic heterocycles. The van der Waals surface area contributed by atoms with Crippen molar-refractivity contribution in [3.63, 3.8) is 0 Å². The van der Waals surface area contributed by atoms with Gasteiger partial charge < -0.3 is 14.9 Å². The molecule has 0 atom stereocenters. The van der Waals surface area contributed by atoms with Crippen LogP contribution in [-0.4, -0.2) is 28.8 Å². The van der Waals surface area contributed by atoms with E-state index >= 15 is 0 Å². The van der Waals surface area contributed by atoms with Crippen molar-refractivity contribution in [1.29, 1.82) is 0 Å². The maximum Gasteiger partial charge on any atom is 0.323 e. The summed E-state index contributed by atoms with van der Waals surface area (Å²) in [4.78, 5) is 24.2. The highest BCUT2D eigenvalue weighted by molar-refractivity contribution is 5.96. The monoisotopic (exact) mass is 289 g/mol. The number of hydrogen-bond donors (Lipinski definition) is 2. The van der Waals surface area contributed by atoms with Gasteiger partial charge in [0.05, 0.1) is 6.54 Å². The Kier molecular flexibility index (Phi) is 4.55. The average Bonchev–Trinajstić information content (AvgIpc) is 2.88. The molecule has 0 saturated carbocycles. The van der Waals surface area contributed by atoms with Gasteiger partial charge >= 0.3 is 12.0 Å². The van der Waals surface area contributed by atoms with Crippen LogP contribution in [0.4, 0.5) is 10.5 Å². The number of amides is 2. The fourth-order valence-corrected chi connectivity index (χ4v) is 1.79. The normalized spacial score (nSPS) is 10.1. The first kappa shape index (κ1) is 14.6. The third kappa shape index (κ3) is 4.07. The minimum Gasteiger partial charge on any atom is -0.480 e. The predicted molar refractivity (Wildman–Crippen MR) is 74.9 cm³/mol. The van der Waals surface area contributed by atoms with E-state index in [4.69, 9.17) is 9.63 Å². The Bertz CT molecular complexity index is 624. The number of benzene rings is 1. The zero-order chi connectivity index (χ0) is 15.2. The molecule has 0 saturated heterocycles. The van der Waals surface area contributed by atoms with E-state index in [1.165, 1.54) is 0 Å². The minimum atomic E-state index is -1.09. The van der Waals surface area contributed by atoms with Crippen molar-refractivity contribution in [2.24, 2.45) is 0 Å². The quantitative estimate of drug-likeness (QED) is 0.874. The van der Waals surface area contributed by atoms with E-state index in [2.05, 4.69) is 10.5 Å². The van der Waals surface area contributed by atoms with E-state index in [0.29, 0.717) is 17.1 Å². The fraction of sp³-hybridized carbons (Fsp3) is 0.214. The highest BCUT2D eigenvalue weighted by Gasteiger charge is 2.18. The number of nitrogens with zero attached hydrogens (tertiary/aromatic N) is 2. The molecule has 2 N–H and O–H groups in total. The van der Waals surface area contributed by atoms with E-state index in [-0.39, 0.29) is 6.54 Å². The predicted octanol–water partition coefficient (Wildman–Crippen LogP) is 1.78. The number of carbonyl (C=O) groups excluding carboxylic acids is 1. The lowest BCUT2D eigenvalue weighted by Gasteiger charge is -2.20. The number of para-hydroxylation sites is 1. The summed E-state index contributed by atoms with van der Waals surface area (Å²) in [5.41, 5.74) is 1.08. The number of anilines is 1. The number of aromatic nitrogens is 1. The zero-order valence-electron chi connectivity index (χ0n) is 11.4. The number of aryl methyl sites for hydroxylation is 1. The molecule has 0 radical (unpaired) electrons. The molecule has 7 nitrogen and oxygen atoms in total. The lowest BCUT2D eigenvalue weighted by atomic mass is 10.3. The number of carbonyl (C=O) groups is 2. The Morgan fingerprint density at radius 1 is 1.33 bits per heavy atom.